The van der Waals surface area contributed by atoms with Crippen molar-refractivity contribution in [1.29, 1.82) is 0 Å². The number of amides is 3. The molecular weight excluding hydrogens is 560 g/mol. The van der Waals surface area contributed by atoms with Crippen molar-refractivity contribution in [3.05, 3.63) is 53.4 Å². The average molecular weight is 597 g/mol. The Morgan fingerprint density at radius 1 is 1.26 bits per heavy atom. The summed E-state index contributed by atoms with van der Waals surface area (Å²) in [5.74, 6) is 0.500. The van der Waals surface area contributed by atoms with E-state index in [9.17, 15) is 14.4 Å². The lowest BCUT2D eigenvalue weighted by atomic mass is 10.1. The highest BCUT2D eigenvalue weighted by Crippen LogP contribution is 2.44. The fraction of sp³-hybridized carbons (Fsp3) is 0.467. The fourth-order valence-electron chi connectivity index (χ4n) is 5.25. The number of carbonyl (C=O) groups is 3. The SMILES string of the molecule is CNC(=O)CC1(NC(=O)c2c(N(C=O)CC(OC3CCOCC3)c3ccccc3OC)sc(-c3ncco3)c2C)CC1. The standard InChI is InChI=1S/C30H36N4O7S/c1-19-25(27(37)33-30(10-11-30)16-24(36)31-2)29(42-26(19)28-32-12-15-40-28)34(18-35)17-23(41-20-8-13-39-14-9-20)21-6-4-5-7-22(21)38-3/h4-7,12,15,18,20,23H,8-11,13-14,16-17H2,1-3H3,(H,31,36)(H,33,37). The molecule has 2 N–H and O–H groups in total. The first kappa shape index (κ1) is 29.7. The number of methoxy groups -OCH3 is 1. The number of thiophene rings is 1. The third kappa shape index (κ3) is 6.50. The number of hydrogen-bond acceptors (Lipinski definition) is 9. The van der Waals surface area contributed by atoms with Gasteiger partial charge in [0.1, 0.15) is 23.1 Å². The number of carbonyl (C=O) groups excluding carboxylic acids is 3. The maximum absolute atomic E-state index is 13.9. The van der Waals surface area contributed by atoms with Gasteiger partial charge in [-0.05, 0) is 44.2 Å². The van der Waals surface area contributed by atoms with Gasteiger partial charge in [-0.3, -0.25) is 14.4 Å². The second-order valence-electron chi connectivity index (χ2n) is 10.6. The zero-order valence-electron chi connectivity index (χ0n) is 24.0. The number of oxazole rings is 1. The van der Waals surface area contributed by atoms with Crippen LogP contribution in [0, 0.1) is 6.92 Å². The van der Waals surface area contributed by atoms with Crippen LogP contribution in [0.25, 0.3) is 10.8 Å². The number of nitrogens with one attached hydrogen (secondary N) is 2. The Hall–Kier alpha value is -3.74. The van der Waals surface area contributed by atoms with Crippen LogP contribution in [0.15, 0.2) is 41.1 Å². The zero-order valence-corrected chi connectivity index (χ0v) is 24.8. The van der Waals surface area contributed by atoms with Gasteiger partial charge in [0, 0.05) is 37.8 Å². The maximum atomic E-state index is 13.9. The fourth-order valence-corrected chi connectivity index (χ4v) is 6.47. The van der Waals surface area contributed by atoms with E-state index in [0.29, 0.717) is 65.1 Å². The highest BCUT2D eigenvalue weighted by Gasteiger charge is 2.46. The summed E-state index contributed by atoms with van der Waals surface area (Å²) in [5, 5.41) is 6.16. The summed E-state index contributed by atoms with van der Waals surface area (Å²) in [7, 11) is 3.18. The molecule has 5 rings (SSSR count). The van der Waals surface area contributed by atoms with E-state index in [-0.39, 0.29) is 30.9 Å². The third-order valence-electron chi connectivity index (χ3n) is 7.75. The van der Waals surface area contributed by atoms with Gasteiger partial charge < -0.3 is 34.2 Å². The van der Waals surface area contributed by atoms with Crippen LogP contribution in [0.4, 0.5) is 5.00 Å². The largest absolute Gasteiger partial charge is 0.496 e. The van der Waals surface area contributed by atoms with Gasteiger partial charge in [-0.25, -0.2) is 4.98 Å². The number of hydrogen-bond donors (Lipinski definition) is 2. The second-order valence-corrected chi connectivity index (χ2v) is 11.6. The summed E-state index contributed by atoms with van der Waals surface area (Å²) in [6, 6.07) is 7.57. The molecule has 2 fully saturated rings. The van der Waals surface area contributed by atoms with E-state index in [0.717, 1.165) is 18.4 Å². The average Bonchev–Trinajstić information content (AvgIpc) is 3.38. The minimum atomic E-state index is -0.607. The van der Waals surface area contributed by atoms with Gasteiger partial charge in [-0.2, -0.15) is 0 Å². The molecule has 2 aromatic heterocycles. The van der Waals surface area contributed by atoms with Gasteiger partial charge >= 0.3 is 0 Å². The van der Waals surface area contributed by atoms with Crippen molar-refractivity contribution in [3.8, 4) is 16.5 Å². The lowest BCUT2D eigenvalue weighted by Crippen LogP contribution is -2.41. The van der Waals surface area contributed by atoms with E-state index in [2.05, 4.69) is 15.6 Å². The highest BCUT2D eigenvalue weighted by molar-refractivity contribution is 7.20. The van der Waals surface area contributed by atoms with Crippen molar-refractivity contribution in [2.45, 2.75) is 56.8 Å². The predicted molar refractivity (Wildman–Crippen MR) is 157 cm³/mol. The quantitative estimate of drug-likeness (QED) is 0.283. The van der Waals surface area contributed by atoms with Gasteiger partial charge in [-0.1, -0.05) is 18.2 Å². The molecule has 1 saturated carbocycles. The lowest BCUT2D eigenvalue weighted by Gasteiger charge is -2.31. The normalized spacial score (nSPS) is 16.8. The Balaban J connectivity index is 1.51. The van der Waals surface area contributed by atoms with Crippen LogP contribution in [0.1, 0.15) is 59.7 Å². The van der Waals surface area contributed by atoms with Crippen LogP contribution in [0.5, 0.6) is 5.75 Å². The molecular formula is C30H36N4O7S. The molecule has 1 aromatic carbocycles. The number of anilines is 1. The first-order valence-corrected chi connectivity index (χ1v) is 14.8. The molecule has 3 amide bonds. The smallest absolute Gasteiger partial charge is 0.255 e. The van der Waals surface area contributed by atoms with E-state index in [4.69, 9.17) is 18.6 Å². The van der Waals surface area contributed by atoms with E-state index in [1.807, 2.05) is 31.2 Å². The van der Waals surface area contributed by atoms with Crippen molar-refractivity contribution in [2.24, 2.45) is 0 Å². The number of para-hydroxylation sites is 1. The lowest BCUT2D eigenvalue weighted by molar-refractivity contribution is -0.121. The van der Waals surface area contributed by atoms with Crippen molar-refractivity contribution < 1.29 is 33.0 Å². The molecule has 3 aromatic rings. The van der Waals surface area contributed by atoms with Crippen molar-refractivity contribution in [1.82, 2.24) is 15.6 Å². The predicted octanol–water partition coefficient (Wildman–Crippen LogP) is 4.02. The number of nitrogens with zero attached hydrogens (tertiary/aromatic N) is 2. The number of ether oxygens (including phenoxy) is 3. The van der Waals surface area contributed by atoms with Crippen LogP contribution < -0.4 is 20.3 Å². The molecule has 0 radical (unpaired) electrons. The minimum Gasteiger partial charge on any atom is -0.496 e. The molecule has 1 aliphatic heterocycles. The van der Waals surface area contributed by atoms with Crippen molar-refractivity contribution >= 4 is 34.6 Å². The molecule has 1 unspecified atom stereocenters. The highest BCUT2D eigenvalue weighted by atomic mass is 32.1. The molecule has 1 atom stereocenters. The molecule has 3 heterocycles. The van der Waals surface area contributed by atoms with E-state index in [1.54, 1.807) is 14.2 Å². The van der Waals surface area contributed by atoms with E-state index >= 15 is 0 Å². The molecule has 2 aliphatic rings. The summed E-state index contributed by atoms with van der Waals surface area (Å²) in [6.07, 6.45) is 6.17. The van der Waals surface area contributed by atoms with Gasteiger partial charge in [0.2, 0.25) is 18.2 Å². The zero-order chi connectivity index (χ0) is 29.7. The maximum Gasteiger partial charge on any atom is 0.255 e. The first-order chi connectivity index (χ1) is 20.4. The Kier molecular flexibility index (Phi) is 9.24. The molecule has 224 valence electrons. The first-order valence-electron chi connectivity index (χ1n) is 14.0. The van der Waals surface area contributed by atoms with Crippen LogP contribution in [-0.2, 0) is 19.1 Å². The molecule has 12 heteroatoms. The topological polar surface area (TPSA) is 132 Å². The molecule has 1 saturated heterocycles. The summed E-state index contributed by atoms with van der Waals surface area (Å²) in [6.45, 7) is 3.15. The van der Waals surface area contributed by atoms with E-state index in [1.165, 1.54) is 28.7 Å². The summed E-state index contributed by atoms with van der Waals surface area (Å²) in [4.78, 5) is 45.3. The van der Waals surface area contributed by atoms with Crippen LogP contribution in [0.2, 0.25) is 0 Å². The summed E-state index contributed by atoms with van der Waals surface area (Å²) in [5.41, 5.74) is 1.17. The number of aromatic nitrogens is 1. The van der Waals surface area contributed by atoms with Crippen LogP contribution in [-0.4, -0.2) is 68.8 Å². The van der Waals surface area contributed by atoms with Gasteiger partial charge in [0.25, 0.3) is 5.91 Å². The Bertz CT molecular complexity index is 1400. The Labute approximate surface area is 248 Å². The monoisotopic (exact) mass is 596 g/mol. The molecule has 0 spiro atoms. The van der Waals surface area contributed by atoms with E-state index < -0.39 is 11.6 Å². The summed E-state index contributed by atoms with van der Waals surface area (Å²) < 4.78 is 23.3. The van der Waals surface area contributed by atoms with Crippen molar-refractivity contribution in [3.63, 3.8) is 0 Å². The third-order valence-corrected chi connectivity index (χ3v) is 9.07. The van der Waals surface area contributed by atoms with Gasteiger partial charge in [-0.15, -0.1) is 11.3 Å². The number of rotatable bonds is 13. The molecule has 42 heavy (non-hydrogen) atoms. The molecule has 11 nitrogen and oxygen atoms in total. The second kappa shape index (κ2) is 13.1. The summed E-state index contributed by atoms with van der Waals surface area (Å²) >= 11 is 1.25. The molecule has 0 bridgehead atoms. The minimum absolute atomic E-state index is 0.0580. The van der Waals surface area contributed by atoms with Crippen LogP contribution >= 0.6 is 11.3 Å². The van der Waals surface area contributed by atoms with Crippen molar-refractivity contribution in [2.75, 3.05) is 38.8 Å². The van der Waals surface area contributed by atoms with Gasteiger partial charge in [0.15, 0.2) is 0 Å². The van der Waals surface area contributed by atoms with Gasteiger partial charge in [0.05, 0.1) is 36.4 Å². The Morgan fingerprint density at radius 2 is 2.02 bits per heavy atom. The molecule has 1 aliphatic carbocycles. The Morgan fingerprint density at radius 3 is 2.67 bits per heavy atom. The van der Waals surface area contributed by atoms with Crippen LogP contribution in [0.3, 0.4) is 0 Å². The number of benzene rings is 1.